The number of carbonyl (C=O) groups excluding carboxylic acids is 2. The van der Waals surface area contributed by atoms with Gasteiger partial charge in [-0.15, -0.1) is 0 Å². The van der Waals surface area contributed by atoms with Crippen molar-refractivity contribution in [3.8, 4) is 0 Å². The highest BCUT2D eigenvalue weighted by Crippen LogP contribution is 2.26. The van der Waals surface area contributed by atoms with Crippen LogP contribution in [0.5, 0.6) is 0 Å². The van der Waals surface area contributed by atoms with E-state index in [1.165, 1.54) is 7.11 Å². The van der Waals surface area contributed by atoms with Crippen LogP contribution < -0.4 is 0 Å². The van der Waals surface area contributed by atoms with Gasteiger partial charge in [-0.1, -0.05) is 0 Å². The van der Waals surface area contributed by atoms with Crippen molar-refractivity contribution in [2.24, 2.45) is 0 Å². The number of esters is 1. The average Bonchev–Trinajstić information content (AvgIpc) is 2.46. The van der Waals surface area contributed by atoms with Gasteiger partial charge in [-0.25, -0.2) is 19.4 Å². The molecule has 0 rings (SSSR count). The lowest BCUT2D eigenvalue weighted by molar-refractivity contribution is -0.400. The molecule has 0 bridgehead atoms. The van der Waals surface area contributed by atoms with E-state index < -0.39 is 28.7 Å². The lowest BCUT2D eigenvalue weighted by atomic mass is 9.94. The van der Waals surface area contributed by atoms with Crippen LogP contribution in [0.25, 0.3) is 0 Å². The van der Waals surface area contributed by atoms with E-state index in [0.717, 1.165) is 12.2 Å². The smallest absolute Gasteiger partial charge is 0.366 e. The molecule has 140 valence electrons. The zero-order valence-corrected chi connectivity index (χ0v) is 15.9. The highest BCUT2D eigenvalue weighted by atomic mass is 17.2. The molecule has 24 heavy (non-hydrogen) atoms. The molecule has 0 N–H and O–H groups in total. The molecule has 0 aromatic carbocycles. The first-order chi connectivity index (χ1) is 10.8. The van der Waals surface area contributed by atoms with Crippen molar-refractivity contribution in [3.63, 3.8) is 0 Å². The molecule has 0 saturated carbocycles. The fourth-order valence-corrected chi connectivity index (χ4v) is 1.31. The third-order valence-electron chi connectivity index (χ3n) is 2.75. The average molecular weight is 346 g/mol. The van der Waals surface area contributed by atoms with Crippen molar-refractivity contribution in [1.82, 2.24) is 0 Å². The van der Waals surface area contributed by atoms with Crippen LogP contribution in [-0.2, 0) is 33.9 Å². The topological polar surface area (TPSA) is 80.3 Å². The largest absolute Gasteiger partial charge is 0.466 e. The monoisotopic (exact) mass is 346 g/mol. The molecule has 0 saturated heterocycles. The van der Waals surface area contributed by atoms with E-state index in [0.29, 0.717) is 12.8 Å². The van der Waals surface area contributed by atoms with Gasteiger partial charge in [0, 0.05) is 12.2 Å². The predicted octanol–water partition coefficient (Wildman–Crippen LogP) is 3.27. The van der Waals surface area contributed by atoms with Gasteiger partial charge in [0.15, 0.2) is 0 Å². The summed E-state index contributed by atoms with van der Waals surface area (Å²) >= 11 is 0. The zero-order chi connectivity index (χ0) is 19.0. The normalized spacial score (nSPS) is 13.2. The van der Waals surface area contributed by atoms with E-state index in [1.807, 2.05) is 34.6 Å². The minimum absolute atomic E-state index is 0.398. The molecule has 0 atom stereocenters. The minimum atomic E-state index is -0.792. The molecule has 0 spiro atoms. The van der Waals surface area contributed by atoms with E-state index in [2.05, 4.69) is 9.62 Å². The van der Waals surface area contributed by atoms with Crippen molar-refractivity contribution >= 4 is 11.9 Å². The maximum atomic E-state index is 11.4. The lowest BCUT2D eigenvalue weighted by Gasteiger charge is -2.31. The fourth-order valence-electron chi connectivity index (χ4n) is 1.31. The SMILES string of the molecule is COC(=O)C=CC(=O)OOC(C)(C)CCC(C)(C)OOC(C)(C)C. The number of carbonyl (C=O) groups is 2. The molecule has 0 radical (unpaired) electrons. The third-order valence-corrected chi connectivity index (χ3v) is 2.75. The summed E-state index contributed by atoms with van der Waals surface area (Å²) < 4.78 is 4.37. The Hall–Kier alpha value is -1.44. The summed E-state index contributed by atoms with van der Waals surface area (Å²) in [6.07, 6.45) is 3.07. The molecule has 0 aromatic rings. The van der Waals surface area contributed by atoms with E-state index >= 15 is 0 Å². The number of ether oxygens (including phenoxy) is 1. The van der Waals surface area contributed by atoms with E-state index in [9.17, 15) is 9.59 Å². The van der Waals surface area contributed by atoms with Crippen LogP contribution >= 0.6 is 0 Å². The zero-order valence-electron chi connectivity index (χ0n) is 15.9. The van der Waals surface area contributed by atoms with E-state index in [-0.39, 0.29) is 0 Å². The van der Waals surface area contributed by atoms with Crippen molar-refractivity contribution in [2.45, 2.75) is 78.1 Å². The van der Waals surface area contributed by atoms with Gasteiger partial charge < -0.3 is 4.74 Å². The maximum absolute atomic E-state index is 11.4. The van der Waals surface area contributed by atoms with Gasteiger partial charge in [-0.2, -0.15) is 4.89 Å². The molecule has 0 heterocycles. The quantitative estimate of drug-likeness (QED) is 0.274. The third kappa shape index (κ3) is 12.0. The Labute approximate surface area is 144 Å². The fraction of sp³-hybridized carbons (Fsp3) is 0.765. The second-order valence-corrected chi connectivity index (χ2v) is 7.64. The van der Waals surface area contributed by atoms with Gasteiger partial charge in [-0.3, -0.25) is 4.89 Å². The standard InChI is InChI=1S/C17H30O7/c1-15(2,3)22-24-17(6,7)12-11-16(4,5)23-21-14(19)10-9-13(18)20-8/h9-10H,11-12H2,1-8H3. The predicted molar refractivity (Wildman–Crippen MR) is 87.6 cm³/mol. The second kappa shape index (κ2) is 9.15. The molecule has 7 nitrogen and oxygen atoms in total. The maximum Gasteiger partial charge on any atom is 0.366 e. The Morgan fingerprint density at radius 1 is 0.750 bits per heavy atom. The van der Waals surface area contributed by atoms with Gasteiger partial charge in [0.05, 0.1) is 18.3 Å². The van der Waals surface area contributed by atoms with Gasteiger partial charge >= 0.3 is 11.9 Å². The molecule has 0 amide bonds. The second-order valence-electron chi connectivity index (χ2n) is 7.64. The van der Waals surface area contributed by atoms with Gasteiger partial charge in [-0.05, 0) is 61.3 Å². The first-order valence-electron chi connectivity index (χ1n) is 7.79. The van der Waals surface area contributed by atoms with Crippen LogP contribution in [0.2, 0.25) is 0 Å². The van der Waals surface area contributed by atoms with Crippen LogP contribution in [-0.4, -0.2) is 35.9 Å². The van der Waals surface area contributed by atoms with Gasteiger partial charge in [0.25, 0.3) is 0 Å². The molecule has 0 aliphatic rings. The molecule has 0 aromatic heterocycles. The van der Waals surface area contributed by atoms with Crippen molar-refractivity contribution < 1.29 is 33.9 Å². The number of hydrogen-bond donors (Lipinski definition) is 0. The molecular weight excluding hydrogens is 316 g/mol. The number of methoxy groups -OCH3 is 1. The van der Waals surface area contributed by atoms with Crippen molar-refractivity contribution in [3.05, 3.63) is 12.2 Å². The molecule has 0 fully saturated rings. The summed E-state index contributed by atoms with van der Waals surface area (Å²) in [6, 6.07) is 0. The summed E-state index contributed by atoms with van der Waals surface area (Å²) in [5, 5.41) is 0. The Morgan fingerprint density at radius 2 is 1.21 bits per heavy atom. The summed E-state index contributed by atoms with van der Waals surface area (Å²) in [7, 11) is 1.21. The Bertz CT molecular complexity index is 444. The van der Waals surface area contributed by atoms with Crippen LogP contribution in [0.1, 0.15) is 61.3 Å². The molecule has 7 heteroatoms. The first-order valence-corrected chi connectivity index (χ1v) is 7.79. The van der Waals surface area contributed by atoms with Gasteiger partial charge in [0.2, 0.25) is 0 Å². The number of hydrogen-bond acceptors (Lipinski definition) is 7. The van der Waals surface area contributed by atoms with Crippen molar-refractivity contribution in [1.29, 1.82) is 0 Å². The summed E-state index contributed by atoms with van der Waals surface area (Å²) in [4.78, 5) is 43.0. The highest BCUT2D eigenvalue weighted by Gasteiger charge is 2.29. The van der Waals surface area contributed by atoms with Crippen LogP contribution in [0.4, 0.5) is 0 Å². The molecule has 0 aliphatic carbocycles. The summed E-state index contributed by atoms with van der Waals surface area (Å²) in [6.45, 7) is 13.1. The summed E-state index contributed by atoms with van der Waals surface area (Å²) in [5.74, 6) is -1.44. The van der Waals surface area contributed by atoms with Gasteiger partial charge in [0.1, 0.15) is 5.60 Å². The van der Waals surface area contributed by atoms with Crippen LogP contribution in [0.3, 0.4) is 0 Å². The van der Waals surface area contributed by atoms with Crippen LogP contribution in [0, 0.1) is 0 Å². The Balaban J connectivity index is 4.31. The number of rotatable bonds is 9. The first kappa shape index (κ1) is 22.6. The van der Waals surface area contributed by atoms with Crippen LogP contribution in [0.15, 0.2) is 12.2 Å². The molecule has 0 aliphatic heterocycles. The minimum Gasteiger partial charge on any atom is -0.466 e. The molecule has 0 unspecified atom stereocenters. The summed E-state index contributed by atoms with van der Waals surface area (Å²) in [5.41, 5.74) is -1.65. The van der Waals surface area contributed by atoms with E-state index in [1.54, 1.807) is 13.8 Å². The molecular formula is C17H30O7. The van der Waals surface area contributed by atoms with E-state index in [4.69, 9.17) is 14.7 Å². The Morgan fingerprint density at radius 3 is 1.67 bits per heavy atom. The Kier molecular flexibility index (Phi) is 8.60. The van der Waals surface area contributed by atoms with Crippen molar-refractivity contribution in [2.75, 3.05) is 7.11 Å². The lowest BCUT2D eigenvalue weighted by Crippen LogP contribution is -2.34. The highest BCUT2D eigenvalue weighted by molar-refractivity contribution is 5.91.